The second-order valence-corrected chi connectivity index (χ2v) is 9.05. The van der Waals surface area contributed by atoms with Gasteiger partial charge in [0.05, 0.1) is 5.41 Å². The molecule has 6 heteroatoms. The van der Waals surface area contributed by atoms with Gasteiger partial charge in [-0.05, 0) is 68.5 Å². The Hall–Kier alpha value is -2.44. The van der Waals surface area contributed by atoms with E-state index in [2.05, 4.69) is 17.1 Å². The molecule has 2 aliphatic rings. The lowest BCUT2D eigenvalue weighted by molar-refractivity contribution is -0.125. The van der Waals surface area contributed by atoms with E-state index in [9.17, 15) is 9.18 Å². The van der Waals surface area contributed by atoms with Gasteiger partial charge in [0.15, 0.2) is 0 Å². The van der Waals surface area contributed by atoms with Crippen LogP contribution in [0, 0.1) is 11.7 Å². The van der Waals surface area contributed by atoms with Gasteiger partial charge in [-0.15, -0.1) is 0 Å². The lowest BCUT2D eigenvalue weighted by atomic mass is 9.73. The Labute approximate surface area is 189 Å². The highest BCUT2D eigenvalue weighted by molar-refractivity contribution is 5.99. The van der Waals surface area contributed by atoms with Crippen LogP contribution in [-0.2, 0) is 14.9 Å². The molecule has 0 bridgehead atoms. The van der Waals surface area contributed by atoms with Crippen molar-refractivity contribution >= 4 is 11.6 Å². The smallest absolute Gasteiger partial charge is 0.235 e. The molecule has 0 radical (unpaired) electrons. The van der Waals surface area contributed by atoms with Crippen molar-refractivity contribution in [3.63, 3.8) is 0 Å². The van der Waals surface area contributed by atoms with Crippen molar-refractivity contribution in [1.29, 1.82) is 0 Å². The number of likely N-dealkylation sites (tertiary alicyclic amines) is 1. The van der Waals surface area contributed by atoms with Gasteiger partial charge in [-0.3, -0.25) is 9.69 Å². The van der Waals surface area contributed by atoms with Crippen LogP contribution in [0.2, 0.25) is 0 Å². The minimum absolute atomic E-state index is 0.196. The normalized spacial score (nSPS) is 21.1. The Kier molecular flexibility index (Phi) is 7.43. The molecule has 2 fully saturated rings. The molecular weight excluding hydrogens is 407 g/mol. The van der Waals surface area contributed by atoms with E-state index in [4.69, 9.17) is 9.47 Å². The van der Waals surface area contributed by atoms with Gasteiger partial charge in [0.1, 0.15) is 18.2 Å². The van der Waals surface area contributed by atoms with Crippen molar-refractivity contribution in [1.82, 2.24) is 4.90 Å². The lowest BCUT2D eigenvalue weighted by Crippen LogP contribution is -2.45. The average Bonchev–Trinajstić information content (AvgIpc) is 2.81. The van der Waals surface area contributed by atoms with E-state index in [0.717, 1.165) is 31.3 Å². The zero-order valence-corrected chi connectivity index (χ0v) is 18.8. The van der Waals surface area contributed by atoms with E-state index in [1.54, 1.807) is 18.2 Å². The predicted molar refractivity (Wildman–Crippen MR) is 124 cm³/mol. The van der Waals surface area contributed by atoms with E-state index < -0.39 is 5.41 Å². The molecule has 2 aliphatic heterocycles. The number of hydrogen-bond acceptors (Lipinski definition) is 4. The maximum atomic E-state index is 14.6. The first-order valence-electron chi connectivity index (χ1n) is 11.7. The van der Waals surface area contributed by atoms with Crippen LogP contribution in [0.4, 0.5) is 10.1 Å². The molecule has 32 heavy (non-hydrogen) atoms. The minimum Gasteiger partial charge on any atom is -0.492 e. The minimum atomic E-state index is -0.926. The Morgan fingerprint density at radius 2 is 1.94 bits per heavy atom. The van der Waals surface area contributed by atoms with Crippen molar-refractivity contribution in [2.75, 3.05) is 44.8 Å². The molecule has 172 valence electrons. The summed E-state index contributed by atoms with van der Waals surface area (Å²) < 4.78 is 26.0. The standard InChI is InChI=1S/C26H33FN2O3/c1-20-5-4-14-29(19-20)15-18-32-22-10-8-21(9-11-22)28-25(30)26(12-16-31-17-13-26)23-6-2-3-7-24(23)27/h2-3,6-11,20H,4-5,12-19H2,1H3,(H,28,30)/t20-/m0/s1. The maximum Gasteiger partial charge on any atom is 0.235 e. The van der Waals surface area contributed by atoms with Crippen molar-refractivity contribution < 1.29 is 18.7 Å². The zero-order valence-electron chi connectivity index (χ0n) is 18.8. The number of nitrogens with zero attached hydrogens (tertiary/aromatic N) is 1. The number of benzene rings is 2. The highest BCUT2D eigenvalue weighted by atomic mass is 19.1. The second kappa shape index (κ2) is 10.5. The van der Waals surface area contributed by atoms with Crippen LogP contribution in [0.3, 0.4) is 0 Å². The number of rotatable bonds is 7. The fraction of sp³-hybridized carbons (Fsp3) is 0.500. The van der Waals surface area contributed by atoms with Crippen LogP contribution in [0.1, 0.15) is 38.2 Å². The summed E-state index contributed by atoms with van der Waals surface area (Å²) in [5, 5.41) is 2.99. The molecule has 0 aromatic heterocycles. The van der Waals surface area contributed by atoms with E-state index in [1.165, 1.54) is 18.9 Å². The van der Waals surface area contributed by atoms with Gasteiger partial charge in [-0.1, -0.05) is 25.1 Å². The van der Waals surface area contributed by atoms with E-state index in [1.807, 2.05) is 24.3 Å². The highest BCUT2D eigenvalue weighted by Gasteiger charge is 2.43. The van der Waals surface area contributed by atoms with Gasteiger partial charge in [0.2, 0.25) is 5.91 Å². The second-order valence-electron chi connectivity index (χ2n) is 9.05. The maximum absolute atomic E-state index is 14.6. The molecule has 1 N–H and O–H groups in total. The van der Waals surface area contributed by atoms with Crippen molar-refractivity contribution in [3.05, 3.63) is 59.9 Å². The number of carbonyl (C=O) groups excluding carboxylic acids is 1. The first kappa shape index (κ1) is 22.7. The summed E-state index contributed by atoms with van der Waals surface area (Å²) in [4.78, 5) is 15.8. The third kappa shape index (κ3) is 5.30. The zero-order chi connectivity index (χ0) is 22.4. The molecule has 0 spiro atoms. The van der Waals surface area contributed by atoms with Crippen LogP contribution in [0.15, 0.2) is 48.5 Å². The van der Waals surface area contributed by atoms with Crippen molar-refractivity contribution in [2.24, 2.45) is 5.92 Å². The molecule has 0 unspecified atom stereocenters. The Morgan fingerprint density at radius 1 is 1.19 bits per heavy atom. The summed E-state index contributed by atoms with van der Waals surface area (Å²) in [5.41, 5.74) is 0.187. The molecule has 1 atom stereocenters. The van der Waals surface area contributed by atoms with Crippen LogP contribution in [-0.4, -0.2) is 50.3 Å². The number of halogens is 1. The molecule has 2 aromatic rings. The number of nitrogens with one attached hydrogen (secondary N) is 1. The summed E-state index contributed by atoms with van der Waals surface area (Å²) in [6, 6.07) is 14.0. The summed E-state index contributed by atoms with van der Waals surface area (Å²) in [6.45, 7) is 7.03. The van der Waals surface area contributed by atoms with E-state index in [0.29, 0.717) is 43.9 Å². The fourth-order valence-electron chi connectivity index (χ4n) is 4.86. The number of hydrogen-bond donors (Lipinski definition) is 1. The molecule has 5 nitrogen and oxygen atoms in total. The van der Waals surface area contributed by atoms with Gasteiger partial charge in [-0.25, -0.2) is 4.39 Å². The first-order chi connectivity index (χ1) is 15.6. The molecule has 2 saturated heterocycles. The average molecular weight is 441 g/mol. The SMILES string of the molecule is C[C@H]1CCCN(CCOc2ccc(NC(=O)C3(c4ccccc4F)CCOCC3)cc2)C1. The van der Waals surface area contributed by atoms with Crippen LogP contribution in [0.5, 0.6) is 5.75 Å². The Morgan fingerprint density at radius 3 is 2.66 bits per heavy atom. The Bertz CT molecular complexity index is 896. The fourth-order valence-corrected chi connectivity index (χ4v) is 4.86. The quantitative estimate of drug-likeness (QED) is 0.682. The van der Waals surface area contributed by atoms with Gasteiger partial charge in [-0.2, -0.15) is 0 Å². The Balaban J connectivity index is 1.36. The third-order valence-electron chi connectivity index (χ3n) is 6.70. The molecule has 2 heterocycles. The molecular formula is C26H33FN2O3. The number of carbonyl (C=O) groups is 1. The predicted octanol–water partition coefficient (Wildman–Crippen LogP) is 4.62. The van der Waals surface area contributed by atoms with E-state index in [-0.39, 0.29) is 11.7 Å². The monoisotopic (exact) mass is 440 g/mol. The summed E-state index contributed by atoms with van der Waals surface area (Å²) >= 11 is 0. The van der Waals surface area contributed by atoms with Gasteiger partial charge in [0.25, 0.3) is 0 Å². The van der Waals surface area contributed by atoms with Crippen LogP contribution < -0.4 is 10.1 Å². The molecule has 0 saturated carbocycles. The lowest BCUT2D eigenvalue weighted by Gasteiger charge is -2.36. The topological polar surface area (TPSA) is 50.8 Å². The van der Waals surface area contributed by atoms with Crippen LogP contribution in [0.25, 0.3) is 0 Å². The number of amides is 1. The summed E-state index contributed by atoms with van der Waals surface area (Å²) in [6.07, 6.45) is 3.48. The number of piperidine rings is 1. The highest BCUT2D eigenvalue weighted by Crippen LogP contribution is 2.37. The van der Waals surface area contributed by atoms with E-state index >= 15 is 0 Å². The first-order valence-corrected chi connectivity index (χ1v) is 11.7. The molecule has 2 aromatic carbocycles. The van der Waals surface area contributed by atoms with Crippen LogP contribution >= 0.6 is 0 Å². The summed E-state index contributed by atoms with van der Waals surface area (Å²) in [7, 11) is 0. The number of ether oxygens (including phenoxy) is 2. The molecule has 1 amide bonds. The molecule has 0 aliphatic carbocycles. The van der Waals surface area contributed by atoms with Crippen molar-refractivity contribution in [3.8, 4) is 5.75 Å². The largest absolute Gasteiger partial charge is 0.492 e. The molecule has 4 rings (SSSR count). The summed E-state index contributed by atoms with van der Waals surface area (Å²) in [5.74, 6) is 0.994. The van der Waals surface area contributed by atoms with Crippen molar-refractivity contribution in [2.45, 2.75) is 38.0 Å². The van der Waals surface area contributed by atoms with Gasteiger partial charge in [0, 0.05) is 37.6 Å². The van der Waals surface area contributed by atoms with Gasteiger partial charge < -0.3 is 14.8 Å². The number of anilines is 1. The van der Waals surface area contributed by atoms with Gasteiger partial charge >= 0.3 is 0 Å². The third-order valence-corrected chi connectivity index (χ3v) is 6.70.